The number of carbonyl (C=O) groups excluding carboxylic acids is 1. The number of nitrogens with zero attached hydrogens (tertiary/aromatic N) is 1. The van der Waals surface area contributed by atoms with Crippen molar-refractivity contribution in [3.05, 3.63) is 66.2 Å². The monoisotopic (exact) mass is 360 g/mol. The molecule has 0 unspecified atom stereocenters. The zero-order valence-electron chi connectivity index (χ0n) is 14.6. The lowest BCUT2D eigenvalue weighted by Gasteiger charge is -2.23. The highest BCUT2D eigenvalue weighted by Crippen LogP contribution is 2.18. The minimum atomic E-state index is -3.76. The van der Waals surface area contributed by atoms with Crippen molar-refractivity contribution in [3.8, 4) is 0 Å². The molecule has 0 aliphatic carbocycles. The Labute approximate surface area is 149 Å². The van der Waals surface area contributed by atoms with Crippen LogP contribution >= 0.6 is 0 Å². The van der Waals surface area contributed by atoms with Crippen molar-refractivity contribution in [3.63, 3.8) is 0 Å². The molecule has 2 aromatic rings. The van der Waals surface area contributed by atoms with Crippen LogP contribution in [0.3, 0.4) is 0 Å². The Morgan fingerprint density at radius 3 is 2.16 bits per heavy atom. The Morgan fingerprint density at radius 2 is 1.60 bits per heavy atom. The number of benzene rings is 2. The average Bonchev–Trinajstić information content (AvgIpc) is 2.62. The van der Waals surface area contributed by atoms with Gasteiger partial charge in [0.1, 0.15) is 0 Å². The summed E-state index contributed by atoms with van der Waals surface area (Å²) in [6.07, 6.45) is 0.788. The first-order chi connectivity index (χ1) is 11.9. The van der Waals surface area contributed by atoms with Gasteiger partial charge in [0, 0.05) is 12.6 Å². The summed E-state index contributed by atoms with van der Waals surface area (Å²) < 4.78 is 27.2. The van der Waals surface area contributed by atoms with Crippen molar-refractivity contribution in [2.45, 2.75) is 37.8 Å². The van der Waals surface area contributed by atoms with Crippen molar-refractivity contribution in [2.24, 2.45) is 0 Å². The minimum Gasteiger partial charge on any atom is -0.353 e. The Morgan fingerprint density at radius 1 is 1.04 bits per heavy atom. The molecule has 0 aliphatic heterocycles. The molecule has 1 N–H and O–H groups in total. The molecule has 0 fully saturated rings. The second-order valence-corrected chi connectivity index (χ2v) is 7.89. The third-order valence-corrected chi connectivity index (χ3v) is 5.73. The molecule has 0 radical (unpaired) electrons. The fourth-order valence-electron chi connectivity index (χ4n) is 2.34. The van der Waals surface area contributed by atoms with Gasteiger partial charge in [-0.2, -0.15) is 4.31 Å². The molecule has 0 saturated carbocycles. The summed E-state index contributed by atoms with van der Waals surface area (Å²) in [7, 11) is -3.76. The Balaban J connectivity index is 2.27. The Kier molecular flexibility index (Phi) is 6.73. The number of carbonyl (C=O) groups is 1. The summed E-state index contributed by atoms with van der Waals surface area (Å²) in [6.45, 7) is 3.79. The molecule has 2 rings (SSSR count). The van der Waals surface area contributed by atoms with Crippen molar-refractivity contribution < 1.29 is 13.2 Å². The van der Waals surface area contributed by atoms with Crippen molar-refractivity contribution in [1.29, 1.82) is 0 Å². The van der Waals surface area contributed by atoms with Gasteiger partial charge in [-0.05, 0) is 31.0 Å². The van der Waals surface area contributed by atoms with Crippen LogP contribution in [0.5, 0.6) is 0 Å². The second-order valence-electron chi connectivity index (χ2n) is 5.95. The number of sulfonamides is 1. The van der Waals surface area contributed by atoms with E-state index in [1.165, 1.54) is 4.31 Å². The maximum Gasteiger partial charge on any atom is 0.243 e. The topological polar surface area (TPSA) is 66.5 Å². The van der Waals surface area contributed by atoms with E-state index in [0.29, 0.717) is 0 Å². The quantitative estimate of drug-likeness (QED) is 0.787. The predicted molar refractivity (Wildman–Crippen MR) is 98.4 cm³/mol. The molecule has 2 aromatic carbocycles. The van der Waals surface area contributed by atoms with E-state index < -0.39 is 10.0 Å². The van der Waals surface area contributed by atoms with Gasteiger partial charge in [0.2, 0.25) is 15.9 Å². The molecular formula is C19H24N2O3S. The third-order valence-electron chi connectivity index (χ3n) is 3.92. The zero-order valence-corrected chi connectivity index (χ0v) is 15.4. The summed E-state index contributed by atoms with van der Waals surface area (Å²) in [5.41, 5.74) is 0.832. The predicted octanol–water partition coefficient (Wildman–Crippen LogP) is 2.79. The van der Waals surface area contributed by atoms with Crippen LogP contribution in [0.1, 0.15) is 25.8 Å². The zero-order chi connectivity index (χ0) is 18.3. The highest BCUT2D eigenvalue weighted by Gasteiger charge is 2.27. The summed E-state index contributed by atoms with van der Waals surface area (Å²) in [5.74, 6) is -0.301. The average molecular weight is 360 g/mol. The molecule has 25 heavy (non-hydrogen) atoms. The number of nitrogens with one attached hydrogen (secondary N) is 1. The van der Waals surface area contributed by atoms with Gasteiger partial charge in [-0.25, -0.2) is 8.42 Å². The summed E-state index contributed by atoms with van der Waals surface area (Å²) in [6, 6.07) is 17.5. The van der Waals surface area contributed by atoms with E-state index in [4.69, 9.17) is 0 Å². The van der Waals surface area contributed by atoms with Gasteiger partial charge < -0.3 is 5.32 Å². The van der Waals surface area contributed by atoms with Crippen LogP contribution in [-0.4, -0.2) is 31.2 Å². The van der Waals surface area contributed by atoms with Crippen molar-refractivity contribution >= 4 is 15.9 Å². The van der Waals surface area contributed by atoms with Gasteiger partial charge in [-0.3, -0.25) is 4.79 Å². The lowest BCUT2D eigenvalue weighted by Crippen LogP contribution is -2.42. The van der Waals surface area contributed by atoms with E-state index in [9.17, 15) is 13.2 Å². The maximum atomic E-state index is 13.0. The number of rotatable bonds is 8. The minimum absolute atomic E-state index is 0.00510. The smallest absolute Gasteiger partial charge is 0.243 e. The number of hydrogen-bond donors (Lipinski definition) is 1. The van der Waals surface area contributed by atoms with Crippen molar-refractivity contribution in [1.82, 2.24) is 9.62 Å². The molecule has 0 saturated heterocycles. The van der Waals surface area contributed by atoms with Crippen LogP contribution in [-0.2, 0) is 21.4 Å². The first-order valence-electron chi connectivity index (χ1n) is 8.32. The van der Waals surface area contributed by atoms with E-state index in [1.807, 2.05) is 44.2 Å². The lowest BCUT2D eigenvalue weighted by molar-refractivity contribution is -0.122. The summed E-state index contributed by atoms with van der Waals surface area (Å²) in [4.78, 5) is 12.5. The molecular weight excluding hydrogens is 336 g/mol. The third kappa shape index (κ3) is 5.41. The van der Waals surface area contributed by atoms with Crippen LogP contribution in [0.15, 0.2) is 65.6 Å². The molecule has 0 spiro atoms. The molecule has 6 heteroatoms. The lowest BCUT2D eigenvalue weighted by atomic mass is 10.2. The molecule has 0 aromatic heterocycles. The maximum absolute atomic E-state index is 13.0. The van der Waals surface area contributed by atoms with Crippen LogP contribution in [0.25, 0.3) is 0 Å². The SMILES string of the molecule is CC[C@@H](C)NC(=O)CN(Cc1ccccc1)S(=O)(=O)c1ccccc1. The van der Waals surface area contributed by atoms with E-state index in [1.54, 1.807) is 30.3 Å². The van der Waals surface area contributed by atoms with Gasteiger partial charge in [0.05, 0.1) is 11.4 Å². The first-order valence-corrected chi connectivity index (χ1v) is 9.76. The van der Waals surface area contributed by atoms with E-state index >= 15 is 0 Å². The van der Waals surface area contributed by atoms with E-state index in [2.05, 4.69) is 5.32 Å². The van der Waals surface area contributed by atoms with Gasteiger partial charge in [0.25, 0.3) is 0 Å². The fraction of sp³-hybridized carbons (Fsp3) is 0.316. The van der Waals surface area contributed by atoms with Crippen LogP contribution < -0.4 is 5.32 Å². The van der Waals surface area contributed by atoms with Gasteiger partial charge in [-0.1, -0.05) is 55.5 Å². The van der Waals surface area contributed by atoms with Crippen molar-refractivity contribution in [2.75, 3.05) is 6.54 Å². The number of amides is 1. The number of hydrogen-bond acceptors (Lipinski definition) is 3. The molecule has 1 amide bonds. The van der Waals surface area contributed by atoms with Crippen LogP contribution in [0.2, 0.25) is 0 Å². The highest BCUT2D eigenvalue weighted by atomic mass is 32.2. The van der Waals surface area contributed by atoms with E-state index in [-0.39, 0.29) is 29.9 Å². The van der Waals surface area contributed by atoms with Crippen LogP contribution in [0, 0.1) is 0 Å². The summed E-state index contributed by atoms with van der Waals surface area (Å²) in [5, 5.41) is 2.82. The molecule has 0 aliphatic rings. The Hall–Kier alpha value is -2.18. The highest BCUT2D eigenvalue weighted by molar-refractivity contribution is 7.89. The molecule has 0 heterocycles. The van der Waals surface area contributed by atoms with E-state index in [0.717, 1.165) is 12.0 Å². The van der Waals surface area contributed by atoms with Crippen LogP contribution in [0.4, 0.5) is 0 Å². The van der Waals surface area contributed by atoms with Gasteiger partial charge >= 0.3 is 0 Å². The molecule has 5 nitrogen and oxygen atoms in total. The molecule has 1 atom stereocenters. The Bertz CT molecular complexity index is 777. The molecule has 0 bridgehead atoms. The second kappa shape index (κ2) is 8.78. The first kappa shape index (κ1) is 19.1. The largest absolute Gasteiger partial charge is 0.353 e. The van der Waals surface area contributed by atoms with Gasteiger partial charge in [0.15, 0.2) is 0 Å². The summed E-state index contributed by atoms with van der Waals surface area (Å²) >= 11 is 0. The fourth-order valence-corrected chi connectivity index (χ4v) is 3.74. The van der Waals surface area contributed by atoms with Gasteiger partial charge in [-0.15, -0.1) is 0 Å². The molecule has 134 valence electrons. The normalized spacial score (nSPS) is 12.8. The standard InChI is InChI=1S/C19H24N2O3S/c1-3-16(2)20-19(22)15-21(14-17-10-6-4-7-11-17)25(23,24)18-12-8-5-9-13-18/h4-13,16H,3,14-15H2,1-2H3,(H,20,22)/t16-/m1/s1.